The molecule has 0 aliphatic rings. The zero-order valence-electron chi connectivity index (χ0n) is 18.7. The Kier molecular flexibility index (Phi) is 6.92. The number of amides is 1. The molecule has 0 aliphatic carbocycles. The molecule has 0 saturated carbocycles. The molecule has 4 aromatic rings. The summed E-state index contributed by atoms with van der Waals surface area (Å²) in [4.78, 5) is 30.6. The number of nitrogens with zero attached hydrogens (tertiary/aromatic N) is 3. The number of furan rings is 1. The highest BCUT2D eigenvalue weighted by atomic mass is 32.2. The van der Waals surface area contributed by atoms with Gasteiger partial charge in [-0.1, -0.05) is 0 Å². The third-order valence-corrected chi connectivity index (χ3v) is 6.19. The highest BCUT2D eigenvalue weighted by Crippen LogP contribution is 2.24. The van der Waals surface area contributed by atoms with Crippen molar-refractivity contribution in [2.24, 2.45) is 0 Å². The summed E-state index contributed by atoms with van der Waals surface area (Å²) in [5.41, 5.74) is 0.803. The third-order valence-electron chi connectivity index (χ3n) is 4.85. The summed E-state index contributed by atoms with van der Waals surface area (Å²) in [7, 11) is -3.90. The normalized spacial score (nSPS) is 11.0. The lowest BCUT2D eigenvalue weighted by atomic mass is 10.2. The molecule has 36 heavy (non-hydrogen) atoms. The van der Waals surface area contributed by atoms with E-state index in [0.717, 1.165) is 0 Å². The minimum atomic E-state index is -3.90. The molecule has 0 fully saturated rings. The molecular formula is C23H19N5O7S. The molecule has 0 atom stereocenters. The minimum absolute atomic E-state index is 0.00795. The largest absolute Gasteiger partial charge is 0.486 e. The molecule has 0 spiro atoms. The fraction of sp³-hybridized carbons (Fsp3) is 0.0870. The number of nitro groups is 1. The number of hydrogen-bond acceptors (Lipinski definition) is 9. The molecule has 0 unspecified atom stereocenters. The Hall–Kier alpha value is -4.78. The van der Waals surface area contributed by atoms with Gasteiger partial charge in [0.05, 0.1) is 9.82 Å². The van der Waals surface area contributed by atoms with Crippen molar-refractivity contribution in [3.63, 3.8) is 0 Å². The lowest BCUT2D eigenvalue weighted by molar-refractivity contribution is -0.385. The Morgan fingerprint density at radius 1 is 1.08 bits per heavy atom. The minimum Gasteiger partial charge on any atom is -0.486 e. The van der Waals surface area contributed by atoms with Crippen molar-refractivity contribution in [3.8, 4) is 5.75 Å². The van der Waals surface area contributed by atoms with Gasteiger partial charge >= 0.3 is 0 Å². The van der Waals surface area contributed by atoms with Gasteiger partial charge < -0.3 is 14.5 Å². The third kappa shape index (κ3) is 5.82. The summed E-state index contributed by atoms with van der Waals surface area (Å²) in [6, 6.07) is 14.5. The van der Waals surface area contributed by atoms with Crippen LogP contribution in [0.4, 0.5) is 17.3 Å². The molecule has 12 nitrogen and oxygen atoms in total. The lowest BCUT2D eigenvalue weighted by Crippen LogP contribution is -2.15. The molecule has 0 aliphatic heterocycles. The van der Waals surface area contributed by atoms with Crippen LogP contribution in [0.25, 0.3) is 0 Å². The highest BCUT2D eigenvalue weighted by molar-refractivity contribution is 7.92. The van der Waals surface area contributed by atoms with E-state index in [1.165, 1.54) is 54.9 Å². The van der Waals surface area contributed by atoms with Crippen LogP contribution in [0.5, 0.6) is 5.75 Å². The standard InChI is InChI=1S/C23H19N5O7S/c1-15-13-17(5-9-20(15)28(30)31)34-14-18-6-10-21(35-18)22(29)26-16-3-7-19(8-4-16)36(32,33)27-23-24-11-2-12-25-23/h2-13H,14H2,1H3,(H,26,29)(H,24,25,27). The van der Waals surface area contributed by atoms with Crippen LogP contribution in [0, 0.1) is 17.0 Å². The SMILES string of the molecule is Cc1cc(OCc2ccc(C(=O)Nc3ccc(S(=O)(=O)Nc4ncccn4)cc3)o2)ccc1[N+](=O)[O-]. The van der Waals surface area contributed by atoms with E-state index in [1.807, 2.05) is 0 Å². The number of ether oxygens (including phenoxy) is 1. The van der Waals surface area contributed by atoms with Crippen LogP contribution >= 0.6 is 0 Å². The molecular weight excluding hydrogens is 490 g/mol. The second kappa shape index (κ2) is 10.2. The molecule has 13 heteroatoms. The summed E-state index contributed by atoms with van der Waals surface area (Å²) < 4.78 is 38.3. The van der Waals surface area contributed by atoms with Crippen molar-refractivity contribution in [1.29, 1.82) is 0 Å². The van der Waals surface area contributed by atoms with Crippen molar-refractivity contribution in [2.75, 3.05) is 10.0 Å². The van der Waals surface area contributed by atoms with Crippen LogP contribution in [0.1, 0.15) is 21.9 Å². The van der Waals surface area contributed by atoms with Crippen molar-refractivity contribution in [1.82, 2.24) is 9.97 Å². The number of rotatable bonds is 9. The monoisotopic (exact) mass is 509 g/mol. The van der Waals surface area contributed by atoms with E-state index >= 15 is 0 Å². The first-order valence-corrected chi connectivity index (χ1v) is 11.9. The van der Waals surface area contributed by atoms with Crippen LogP contribution in [0.2, 0.25) is 0 Å². The number of anilines is 2. The fourth-order valence-electron chi connectivity index (χ4n) is 3.10. The van der Waals surface area contributed by atoms with Crippen LogP contribution in [0.3, 0.4) is 0 Å². The van der Waals surface area contributed by atoms with Gasteiger partial charge in [0.1, 0.15) is 18.1 Å². The average molecular weight is 510 g/mol. The van der Waals surface area contributed by atoms with E-state index in [2.05, 4.69) is 20.0 Å². The van der Waals surface area contributed by atoms with Crippen LogP contribution in [0.15, 0.2) is 82.4 Å². The van der Waals surface area contributed by atoms with Gasteiger partial charge in [-0.15, -0.1) is 0 Å². The number of sulfonamides is 1. The number of nitro benzene ring substituents is 1. The first-order chi connectivity index (χ1) is 17.2. The maximum Gasteiger partial charge on any atom is 0.291 e. The molecule has 184 valence electrons. The number of hydrogen-bond donors (Lipinski definition) is 2. The van der Waals surface area contributed by atoms with Gasteiger partial charge in [0.2, 0.25) is 5.95 Å². The predicted molar refractivity (Wildman–Crippen MR) is 128 cm³/mol. The zero-order chi connectivity index (χ0) is 25.7. The van der Waals surface area contributed by atoms with E-state index in [9.17, 15) is 23.3 Å². The summed E-state index contributed by atoms with van der Waals surface area (Å²) in [5, 5.41) is 13.5. The number of aryl methyl sites for hydroxylation is 1. The highest BCUT2D eigenvalue weighted by Gasteiger charge is 2.17. The quantitative estimate of drug-likeness (QED) is 0.251. The number of aromatic nitrogens is 2. The maximum absolute atomic E-state index is 12.5. The Morgan fingerprint density at radius 3 is 2.47 bits per heavy atom. The van der Waals surface area contributed by atoms with Gasteiger partial charge in [0, 0.05) is 29.7 Å². The molecule has 0 bridgehead atoms. The first-order valence-electron chi connectivity index (χ1n) is 10.4. The Labute approximate surface area is 205 Å². The topological polar surface area (TPSA) is 167 Å². The molecule has 1 amide bonds. The predicted octanol–water partition coefficient (Wildman–Crippen LogP) is 3.92. The molecule has 2 N–H and O–H groups in total. The smallest absolute Gasteiger partial charge is 0.291 e. The van der Waals surface area contributed by atoms with Crippen LogP contribution in [-0.2, 0) is 16.6 Å². The lowest BCUT2D eigenvalue weighted by Gasteiger charge is -2.08. The second-order valence-electron chi connectivity index (χ2n) is 7.42. The Balaban J connectivity index is 1.35. The summed E-state index contributed by atoms with van der Waals surface area (Å²) in [6.45, 7) is 1.62. The molecule has 0 saturated heterocycles. The molecule has 0 radical (unpaired) electrons. The Morgan fingerprint density at radius 2 is 1.81 bits per heavy atom. The number of nitrogens with one attached hydrogen (secondary N) is 2. The van der Waals surface area contributed by atoms with E-state index in [4.69, 9.17) is 9.15 Å². The molecule has 2 aromatic carbocycles. The van der Waals surface area contributed by atoms with Gasteiger partial charge in [-0.2, -0.15) is 0 Å². The first kappa shape index (κ1) is 24.3. The number of benzene rings is 2. The van der Waals surface area contributed by atoms with E-state index in [1.54, 1.807) is 25.1 Å². The van der Waals surface area contributed by atoms with Gasteiger partial charge in [0.15, 0.2) is 5.76 Å². The van der Waals surface area contributed by atoms with Crippen LogP contribution < -0.4 is 14.8 Å². The number of carbonyl (C=O) groups excluding carboxylic acids is 1. The summed E-state index contributed by atoms with van der Waals surface area (Å²) in [5.74, 6) is 0.207. The Bertz CT molecular complexity index is 1500. The van der Waals surface area contributed by atoms with Crippen LogP contribution in [-0.4, -0.2) is 29.2 Å². The van der Waals surface area contributed by atoms with Gasteiger partial charge in [-0.05, 0) is 61.5 Å². The van der Waals surface area contributed by atoms with Gasteiger partial charge in [-0.3, -0.25) is 14.9 Å². The van der Waals surface area contributed by atoms with Crippen molar-refractivity contribution < 1.29 is 27.3 Å². The average Bonchev–Trinajstić information content (AvgIpc) is 3.33. The fourth-order valence-corrected chi connectivity index (χ4v) is 4.05. The molecule has 2 heterocycles. The van der Waals surface area contributed by atoms with E-state index < -0.39 is 20.9 Å². The van der Waals surface area contributed by atoms with Gasteiger partial charge in [0.25, 0.3) is 21.6 Å². The summed E-state index contributed by atoms with van der Waals surface area (Å²) in [6.07, 6.45) is 2.82. The summed E-state index contributed by atoms with van der Waals surface area (Å²) >= 11 is 0. The number of carbonyl (C=O) groups is 1. The molecule has 2 aromatic heterocycles. The van der Waals surface area contributed by atoms with E-state index in [0.29, 0.717) is 22.8 Å². The van der Waals surface area contributed by atoms with Crippen molar-refractivity contribution >= 4 is 33.3 Å². The second-order valence-corrected chi connectivity index (χ2v) is 9.10. The van der Waals surface area contributed by atoms with E-state index in [-0.39, 0.29) is 28.9 Å². The maximum atomic E-state index is 12.5. The zero-order valence-corrected chi connectivity index (χ0v) is 19.6. The van der Waals surface area contributed by atoms with Crippen molar-refractivity contribution in [3.05, 3.63) is 100 Å². The van der Waals surface area contributed by atoms with Gasteiger partial charge in [-0.25, -0.2) is 23.1 Å². The van der Waals surface area contributed by atoms with Crippen molar-refractivity contribution in [2.45, 2.75) is 18.4 Å². The molecule has 4 rings (SSSR count).